The van der Waals surface area contributed by atoms with Gasteiger partial charge in [0, 0.05) is 20.2 Å². The molecule has 0 radical (unpaired) electrons. The Morgan fingerprint density at radius 2 is 0.528 bits per heavy atom. The maximum Gasteiger partial charge on any atom is 0.116 e. The van der Waals surface area contributed by atoms with Crippen molar-refractivity contribution in [3.8, 4) is 0 Å². The van der Waals surface area contributed by atoms with Crippen molar-refractivity contribution in [2.24, 2.45) is 0 Å². The van der Waals surface area contributed by atoms with Gasteiger partial charge in [0.2, 0.25) is 0 Å². The highest BCUT2D eigenvalue weighted by molar-refractivity contribution is 7.95. The van der Waals surface area contributed by atoms with Gasteiger partial charge in [-0.1, -0.05) is 121 Å². The molecule has 1 aromatic heterocycles. The molecule has 0 nitrogen and oxygen atoms in total. The van der Waals surface area contributed by atoms with Crippen LogP contribution in [0.5, 0.6) is 0 Å². The van der Waals surface area contributed by atoms with Crippen LogP contribution in [0.3, 0.4) is 0 Å². The number of hydrogen-bond acceptors (Lipinski definition) is 1. The van der Waals surface area contributed by atoms with Gasteiger partial charge in [-0.2, -0.15) is 0 Å². The molecule has 9 aromatic rings. The highest BCUT2D eigenvalue weighted by Gasteiger charge is 2.46. The molecule has 0 saturated carbocycles. The number of benzene rings is 8. The lowest BCUT2D eigenvalue weighted by atomic mass is 10.1. The van der Waals surface area contributed by atoms with E-state index < -0.39 is 14.5 Å². The Hall–Kier alpha value is -5.16. The topological polar surface area (TPSA) is 0 Å². The number of fused-ring (bicyclic) bond motifs is 3. The quantitative estimate of drug-likeness (QED) is 0.123. The summed E-state index contributed by atoms with van der Waals surface area (Å²) in [6, 6.07) is 82.0. The molecular formula is C50H40P2S+2. The van der Waals surface area contributed by atoms with Gasteiger partial charge in [-0.05, 0) is 108 Å². The standard InChI is InChI=1S/C50H40P2S/c1-7-19-41(20-8-1)51(42-21-9-2-10-22-42,43-23-11-3-12-24-43)37-39-31-33-49-47(35-39)48-36-40(32-34-50(48)53-49)38-52(44-25-13-4-14-26-44,45-27-15-5-16-28-45)46-29-17-6-18-30-46/h1-36H,37-38H2/q+2. The van der Waals surface area contributed by atoms with Crippen molar-refractivity contribution in [1.82, 2.24) is 0 Å². The zero-order valence-corrected chi connectivity index (χ0v) is 32.1. The summed E-state index contributed by atoms with van der Waals surface area (Å²) in [6.07, 6.45) is 1.92. The summed E-state index contributed by atoms with van der Waals surface area (Å²) in [5.41, 5.74) is 2.76. The van der Waals surface area contributed by atoms with Gasteiger partial charge >= 0.3 is 0 Å². The zero-order chi connectivity index (χ0) is 35.5. The van der Waals surface area contributed by atoms with Crippen molar-refractivity contribution in [1.29, 1.82) is 0 Å². The Morgan fingerprint density at radius 3 is 0.774 bits per heavy atom. The SMILES string of the molecule is c1ccc([P+](Cc2ccc3sc4ccc(C[P+](c5ccccc5)(c5ccccc5)c5ccccc5)cc4c3c2)(c2ccccc2)c2ccccc2)cc1. The van der Waals surface area contributed by atoms with E-state index in [1.807, 2.05) is 11.3 Å². The highest BCUT2D eigenvalue weighted by atomic mass is 32.1. The van der Waals surface area contributed by atoms with E-state index in [-0.39, 0.29) is 0 Å². The first-order valence-electron chi connectivity index (χ1n) is 18.3. The summed E-state index contributed by atoms with van der Waals surface area (Å²) in [5, 5.41) is 11.2. The van der Waals surface area contributed by atoms with E-state index in [1.54, 1.807) is 0 Å². The summed E-state index contributed by atoms with van der Waals surface area (Å²) in [5.74, 6) is 0. The lowest BCUT2D eigenvalue weighted by Gasteiger charge is -2.28. The molecule has 1 heterocycles. The van der Waals surface area contributed by atoms with Crippen LogP contribution in [-0.2, 0) is 12.3 Å². The van der Waals surface area contributed by atoms with E-state index in [9.17, 15) is 0 Å². The number of hydrogen-bond donors (Lipinski definition) is 0. The fraction of sp³-hybridized carbons (Fsp3) is 0.0400. The van der Waals surface area contributed by atoms with Crippen LogP contribution in [0.4, 0.5) is 0 Å². The van der Waals surface area contributed by atoms with Gasteiger partial charge in [-0.15, -0.1) is 11.3 Å². The van der Waals surface area contributed by atoms with Crippen molar-refractivity contribution in [2.75, 3.05) is 0 Å². The van der Waals surface area contributed by atoms with E-state index in [2.05, 4.69) is 218 Å². The van der Waals surface area contributed by atoms with E-state index in [4.69, 9.17) is 0 Å². The highest BCUT2D eigenvalue weighted by Crippen LogP contribution is 2.60. The molecule has 8 aromatic carbocycles. The predicted molar refractivity (Wildman–Crippen MR) is 237 cm³/mol. The first-order chi connectivity index (χ1) is 26.2. The van der Waals surface area contributed by atoms with Crippen LogP contribution in [0.1, 0.15) is 11.1 Å². The van der Waals surface area contributed by atoms with Crippen LogP contribution in [0.2, 0.25) is 0 Å². The summed E-state index contributed by atoms with van der Waals surface area (Å²) in [6.45, 7) is 0. The van der Waals surface area contributed by atoms with Crippen LogP contribution in [0, 0.1) is 0 Å². The van der Waals surface area contributed by atoms with Gasteiger partial charge < -0.3 is 0 Å². The van der Waals surface area contributed by atoms with Crippen LogP contribution in [-0.4, -0.2) is 0 Å². The molecule has 0 atom stereocenters. The van der Waals surface area contributed by atoms with Crippen LogP contribution in [0.15, 0.2) is 218 Å². The maximum atomic E-state index is 2.51. The molecule has 0 bridgehead atoms. The summed E-state index contributed by atoms with van der Waals surface area (Å²) in [4.78, 5) is 0. The summed E-state index contributed by atoms with van der Waals surface area (Å²) in [7, 11) is -4.05. The Balaban J connectivity index is 1.20. The van der Waals surface area contributed by atoms with Crippen LogP contribution in [0.25, 0.3) is 20.2 Å². The lowest BCUT2D eigenvalue weighted by Crippen LogP contribution is -2.32. The Labute approximate surface area is 318 Å². The zero-order valence-electron chi connectivity index (χ0n) is 29.5. The summed E-state index contributed by atoms with van der Waals surface area (Å²) >= 11 is 1.91. The molecule has 53 heavy (non-hydrogen) atoms. The first-order valence-corrected chi connectivity index (χ1v) is 23.0. The van der Waals surface area contributed by atoms with E-state index in [0.717, 1.165) is 12.3 Å². The Morgan fingerprint density at radius 1 is 0.283 bits per heavy atom. The van der Waals surface area contributed by atoms with Gasteiger partial charge in [0.1, 0.15) is 46.4 Å². The minimum Gasteiger partial charge on any atom is -0.135 e. The lowest BCUT2D eigenvalue weighted by molar-refractivity contribution is 1.41. The van der Waals surface area contributed by atoms with Crippen molar-refractivity contribution >= 4 is 77.9 Å². The first kappa shape index (κ1) is 33.7. The molecule has 254 valence electrons. The van der Waals surface area contributed by atoms with Crippen LogP contribution >= 0.6 is 25.9 Å². The molecule has 0 aliphatic heterocycles. The third kappa shape index (κ3) is 6.24. The second-order valence-electron chi connectivity index (χ2n) is 13.7. The molecule has 0 aliphatic rings. The molecule has 0 unspecified atom stereocenters. The normalized spacial score (nSPS) is 11.9. The molecule has 3 heteroatoms. The van der Waals surface area contributed by atoms with Gasteiger partial charge in [0.15, 0.2) is 0 Å². The molecule has 0 fully saturated rings. The second-order valence-corrected chi connectivity index (χ2v) is 21.8. The number of rotatable bonds is 10. The van der Waals surface area contributed by atoms with Gasteiger partial charge in [0.25, 0.3) is 0 Å². The molecule has 0 saturated heterocycles. The Kier molecular flexibility index (Phi) is 9.33. The van der Waals surface area contributed by atoms with Crippen LogP contribution < -0.4 is 31.8 Å². The average molecular weight is 735 g/mol. The van der Waals surface area contributed by atoms with E-state index in [1.165, 1.54) is 63.1 Å². The van der Waals surface area contributed by atoms with Crippen molar-refractivity contribution < 1.29 is 0 Å². The third-order valence-electron chi connectivity index (χ3n) is 10.6. The van der Waals surface area contributed by atoms with Gasteiger partial charge in [0.05, 0.1) is 12.3 Å². The summed E-state index contributed by atoms with van der Waals surface area (Å²) < 4.78 is 2.69. The van der Waals surface area contributed by atoms with Crippen molar-refractivity contribution in [2.45, 2.75) is 12.3 Å². The number of thiophene rings is 1. The largest absolute Gasteiger partial charge is 0.135 e. The second kappa shape index (κ2) is 14.7. The molecule has 0 spiro atoms. The average Bonchev–Trinajstić information content (AvgIpc) is 3.61. The Bertz CT molecular complexity index is 2210. The molecule has 0 aliphatic carbocycles. The van der Waals surface area contributed by atoms with Crippen molar-refractivity contribution in [3.63, 3.8) is 0 Å². The molecular weight excluding hydrogens is 695 g/mol. The molecule has 0 N–H and O–H groups in total. The van der Waals surface area contributed by atoms with E-state index >= 15 is 0 Å². The monoisotopic (exact) mass is 734 g/mol. The fourth-order valence-electron chi connectivity index (χ4n) is 8.15. The van der Waals surface area contributed by atoms with Gasteiger partial charge in [-0.3, -0.25) is 0 Å². The maximum absolute atomic E-state index is 2.51. The van der Waals surface area contributed by atoms with Gasteiger partial charge in [-0.25, -0.2) is 0 Å². The fourth-order valence-corrected chi connectivity index (χ4v) is 17.7. The van der Waals surface area contributed by atoms with E-state index in [0.29, 0.717) is 0 Å². The molecule has 9 rings (SSSR count). The minimum absolute atomic E-state index is 0.961. The van der Waals surface area contributed by atoms with Crippen molar-refractivity contribution in [3.05, 3.63) is 230 Å². The smallest absolute Gasteiger partial charge is 0.116 e. The third-order valence-corrected chi connectivity index (χ3v) is 20.5. The molecule has 0 amide bonds. The minimum atomic E-state index is -2.03. The predicted octanol–water partition coefficient (Wildman–Crippen LogP) is 11.0.